The average Bonchev–Trinajstić information content (AvgIpc) is 3.08. The molecule has 3 rings (SSSR count). The van der Waals surface area contributed by atoms with E-state index in [9.17, 15) is 27.2 Å². The molecule has 8 heteroatoms. The fourth-order valence-electron chi connectivity index (χ4n) is 3.56. The Hall–Kier alpha value is -3.68. The van der Waals surface area contributed by atoms with Crippen LogP contribution in [0.1, 0.15) is 38.4 Å². The van der Waals surface area contributed by atoms with Crippen LogP contribution in [0.5, 0.6) is 0 Å². The summed E-state index contributed by atoms with van der Waals surface area (Å²) in [5.41, 5.74) is 2.32. The Bertz CT molecular complexity index is 1210. The topological polar surface area (TPSA) is 48.3 Å². The average molecular weight is 473 g/mol. The van der Waals surface area contributed by atoms with Crippen LogP contribution in [-0.4, -0.2) is 22.9 Å². The van der Waals surface area contributed by atoms with Crippen molar-refractivity contribution < 1.29 is 31.9 Å². The van der Waals surface area contributed by atoms with Gasteiger partial charge in [0.1, 0.15) is 5.82 Å². The van der Waals surface area contributed by atoms with Gasteiger partial charge in [-0.25, -0.2) is 9.18 Å². The molecule has 34 heavy (non-hydrogen) atoms. The van der Waals surface area contributed by atoms with Crippen molar-refractivity contribution in [1.82, 2.24) is 4.57 Å². The molecular formula is C26H23F4NO3. The third-order valence-electron chi connectivity index (χ3n) is 5.38. The number of halogens is 4. The number of nitrogens with zero attached hydrogens (tertiary/aromatic N) is 1. The molecule has 0 spiro atoms. The van der Waals surface area contributed by atoms with Crippen molar-refractivity contribution in [2.24, 2.45) is 0 Å². The molecule has 2 aromatic carbocycles. The molecule has 1 heterocycles. The summed E-state index contributed by atoms with van der Waals surface area (Å²) in [4.78, 5) is 24.6. The molecule has 0 aliphatic rings. The van der Waals surface area contributed by atoms with Gasteiger partial charge in [-0.05, 0) is 67.8 Å². The minimum atomic E-state index is -4.48. The molecule has 4 nitrogen and oxygen atoms in total. The second kappa shape index (κ2) is 10.5. The predicted molar refractivity (Wildman–Crippen MR) is 120 cm³/mol. The number of benzene rings is 2. The molecule has 3 aromatic rings. The van der Waals surface area contributed by atoms with Crippen LogP contribution in [0.2, 0.25) is 0 Å². The normalized spacial score (nSPS) is 11.7. The molecule has 0 saturated heterocycles. The van der Waals surface area contributed by atoms with Crippen LogP contribution >= 0.6 is 0 Å². The zero-order valence-corrected chi connectivity index (χ0v) is 18.7. The fourth-order valence-corrected chi connectivity index (χ4v) is 3.56. The van der Waals surface area contributed by atoms with Crippen LogP contribution in [0, 0.1) is 19.7 Å². The first-order valence-electron chi connectivity index (χ1n) is 10.5. The van der Waals surface area contributed by atoms with Crippen LogP contribution in [0.3, 0.4) is 0 Å². The molecular weight excluding hydrogens is 450 g/mol. The number of ether oxygens (including phenoxy) is 1. The number of rotatable bonds is 8. The maximum Gasteiger partial charge on any atom is 0.416 e. The Balaban J connectivity index is 1.58. The lowest BCUT2D eigenvalue weighted by Gasteiger charge is -2.10. The number of carbonyl (C=O) groups is 2. The van der Waals surface area contributed by atoms with E-state index >= 15 is 0 Å². The summed E-state index contributed by atoms with van der Waals surface area (Å²) in [5.74, 6) is -1.53. The molecule has 178 valence electrons. The van der Waals surface area contributed by atoms with Crippen LogP contribution in [0.25, 0.3) is 6.08 Å². The summed E-state index contributed by atoms with van der Waals surface area (Å²) in [5, 5.41) is 0. The number of alkyl halides is 3. The number of hydrogen-bond donors (Lipinski definition) is 0. The van der Waals surface area contributed by atoms with Crippen LogP contribution < -0.4 is 0 Å². The van der Waals surface area contributed by atoms with Gasteiger partial charge >= 0.3 is 12.1 Å². The quantitative estimate of drug-likeness (QED) is 0.176. The van der Waals surface area contributed by atoms with Gasteiger partial charge < -0.3 is 9.30 Å². The molecule has 0 aliphatic carbocycles. The Morgan fingerprint density at radius 3 is 2.41 bits per heavy atom. The number of Topliss-reactive ketones (excluding diaryl/α,β-unsaturated/α-hetero) is 1. The number of esters is 1. The van der Waals surface area contributed by atoms with Gasteiger partial charge in [0.15, 0.2) is 6.61 Å². The molecule has 0 aliphatic heterocycles. The van der Waals surface area contributed by atoms with E-state index in [1.807, 2.05) is 11.5 Å². The second-order valence-electron chi connectivity index (χ2n) is 7.80. The highest BCUT2D eigenvalue weighted by atomic mass is 19.4. The minimum Gasteiger partial charge on any atom is -0.454 e. The first-order valence-corrected chi connectivity index (χ1v) is 10.5. The summed E-state index contributed by atoms with van der Waals surface area (Å²) < 4.78 is 58.4. The molecule has 0 bridgehead atoms. The van der Waals surface area contributed by atoms with Gasteiger partial charge in [0.05, 0.1) is 5.56 Å². The van der Waals surface area contributed by atoms with Crippen molar-refractivity contribution >= 4 is 17.8 Å². The molecule has 0 atom stereocenters. The SMILES string of the molecule is Cc1cc(C(=O)COC(=O)C=Cc2cccc(C(F)(F)F)c2)c(C)n1CCc1ccc(F)cc1. The van der Waals surface area contributed by atoms with E-state index in [2.05, 4.69) is 0 Å². The Morgan fingerprint density at radius 1 is 1.03 bits per heavy atom. The number of carbonyl (C=O) groups excluding carboxylic acids is 2. The predicted octanol–water partition coefficient (Wildman–Crippen LogP) is 5.94. The summed E-state index contributed by atoms with van der Waals surface area (Å²) in [6.45, 7) is 3.75. The lowest BCUT2D eigenvalue weighted by molar-refractivity contribution is -0.138. The number of aryl methyl sites for hydroxylation is 2. The summed E-state index contributed by atoms with van der Waals surface area (Å²) in [6.07, 6.45) is -1.65. The van der Waals surface area contributed by atoms with E-state index in [1.54, 1.807) is 25.1 Å². The van der Waals surface area contributed by atoms with Crippen molar-refractivity contribution in [1.29, 1.82) is 0 Å². The Morgan fingerprint density at radius 2 is 1.74 bits per heavy atom. The molecule has 0 radical (unpaired) electrons. The first kappa shape index (κ1) is 25.0. The Kier molecular flexibility index (Phi) is 7.71. The van der Waals surface area contributed by atoms with Crippen molar-refractivity contribution in [3.8, 4) is 0 Å². The lowest BCUT2D eigenvalue weighted by atomic mass is 10.1. The number of aromatic nitrogens is 1. The van der Waals surface area contributed by atoms with Gasteiger partial charge in [0.2, 0.25) is 5.78 Å². The van der Waals surface area contributed by atoms with Crippen LogP contribution in [-0.2, 0) is 28.7 Å². The lowest BCUT2D eigenvalue weighted by Crippen LogP contribution is -2.14. The van der Waals surface area contributed by atoms with Crippen LogP contribution in [0.4, 0.5) is 17.6 Å². The van der Waals surface area contributed by atoms with Gasteiger partial charge in [-0.3, -0.25) is 4.79 Å². The van der Waals surface area contributed by atoms with E-state index in [4.69, 9.17) is 4.74 Å². The van der Waals surface area contributed by atoms with Crippen LogP contribution in [0.15, 0.2) is 60.7 Å². The third kappa shape index (κ3) is 6.43. The smallest absolute Gasteiger partial charge is 0.416 e. The first-order chi connectivity index (χ1) is 16.0. The fraction of sp³-hybridized carbons (Fsp3) is 0.231. The largest absolute Gasteiger partial charge is 0.454 e. The highest BCUT2D eigenvalue weighted by Gasteiger charge is 2.30. The van der Waals surface area contributed by atoms with E-state index in [1.165, 1.54) is 30.3 Å². The second-order valence-corrected chi connectivity index (χ2v) is 7.80. The van der Waals surface area contributed by atoms with Crippen molar-refractivity contribution in [2.75, 3.05) is 6.61 Å². The van der Waals surface area contributed by atoms with E-state index in [0.29, 0.717) is 18.5 Å². The molecule has 0 amide bonds. The van der Waals surface area contributed by atoms with Gasteiger partial charge in [-0.15, -0.1) is 0 Å². The number of hydrogen-bond acceptors (Lipinski definition) is 3. The molecule has 0 fully saturated rings. The van der Waals surface area contributed by atoms with Gasteiger partial charge in [0, 0.05) is 29.6 Å². The van der Waals surface area contributed by atoms with Gasteiger partial charge in [-0.1, -0.05) is 24.3 Å². The van der Waals surface area contributed by atoms with E-state index < -0.39 is 24.3 Å². The van der Waals surface area contributed by atoms with Crippen molar-refractivity contribution in [3.63, 3.8) is 0 Å². The molecule has 0 unspecified atom stereocenters. The maximum atomic E-state index is 13.1. The van der Waals surface area contributed by atoms with Gasteiger partial charge in [0.25, 0.3) is 0 Å². The Labute approximate surface area is 194 Å². The van der Waals surface area contributed by atoms with E-state index in [-0.39, 0.29) is 17.2 Å². The summed E-state index contributed by atoms with van der Waals surface area (Å²) in [7, 11) is 0. The molecule has 1 aromatic heterocycles. The van der Waals surface area contributed by atoms with Crippen molar-refractivity contribution in [3.05, 3.63) is 100 Å². The zero-order valence-electron chi connectivity index (χ0n) is 18.7. The maximum absolute atomic E-state index is 13.1. The highest BCUT2D eigenvalue weighted by molar-refractivity contribution is 6.00. The minimum absolute atomic E-state index is 0.183. The van der Waals surface area contributed by atoms with E-state index in [0.717, 1.165) is 35.2 Å². The third-order valence-corrected chi connectivity index (χ3v) is 5.38. The summed E-state index contributed by atoms with van der Waals surface area (Å²) in [6, 6.07) is 12.4. The zero-order chi connectivity index (χ0) is 24.9. The monoisotopic (exact) mass is 473 g/mol. The highest BCUT2D eigenvalue weighted by Crippen LogP contribution is 2.29. The summed E-state index contributed by atoms with van der Waals surface area (Å²) >= 11 is 0. The van der Waals surface area contributed by atoms with Crippen molar-refractivity contribution in [2.45, 2.75) is 33.0 Å². The number of ketones is 1. The standard InChI is InChI=1S/C26H23F4NO3/c1-17-14-23(18(2)31(17)13-12-19-6-9-22(27)10-7-19)24(32)16-34-25(33)11-8-20-4-3-5-21(15-20)26(28,29)30/h3-11,14-15H,12-13,16H2,1-2H3. The van der Waals surface area contributed by atoms with Gasteiger partial charge in [-0.2, -0.15) is 13.2 Å². The molecule has 0 N–H and O–H groups in total. The molecule has 0 saturated carbocycles.